The molecule has 3 N–H and O–H groups in total. The predicted molar refractivity (Wildman–Crippen MR) is 104 cm³/mol. The molecule has 0 aliphatic rings. The van der Waals surface area contributed by atoms with Crippen molar-refractivity contribution in [3.05, 3.63) is 89.7 Å². The normalized spacial score (nSPS) is 10.1. The number of anilines is 2. The minimum absolute atomic E-state index is 0.0411. The highest BCUT2D eigenvalue weighted by Crippen LogP contribution is 2.18. The molecular weight excluding hydrogens is 358 g/mol. The van der Waals surface area contributed by atoms with Crippen LogP contribution < -0.4 is 11.1 Å². The van der Waals surface area contributed by atoms with Crippen LogP contribution in [0.15, 0.2) is 73.1 Å². The Balaban J connectivity index is 1.48. The van der Waals surface area contributed by atoms with E-state index < -0.39 is 6.16 Å². The molecule has 0 saturated heterocycles. The average Bonchev–Trinajstić information content (AvgIpc) is 2.73. The first kappa shape index (κ1) is 18.9. The van der Waals surface area contributed by atoms with Gasteiger partial charge in [-0.1, -0.05) is 30.3 Å². The zero-order chi connectivity index (χ0) is 19.8. The number of carbonyl (C=O) groups is 2. The smallest absolute Gasteiger partial charge is 0.429 e. The maximum Gasteiger partial charge on any atom is 0.508 e. The third kappa shape index (κ3) is 5.31. The molecule has 1 aromatic heterocycles. The molecule has 2 aromatic carbocycles. The third-order valence-corrected chi connectivity index (χ3v) is 3.86. The number of hydrogen-bond donors (Lipinski definition) is 2. The molecule has 0 atom stereocenters. The monoisotopic (exact) mass is 377 g/mol. The molecule has 7 nitrogen and oxygen atoms in total. The number of nitrogens with two attached hydrogens (primary N) is 1. The number of para-hydroxylation sites is 2. The summed E-state index contributed by atoms with van der Waals surface area (Å²) in [6, 6.07) is 17.3. The molecule has 28 heavy (non-hydrogen) atoms. The first-order valence-electron chi connectivity index (χ1n) is 8.55. The van der Waals surface area contributed by atoms with Crippen molar-refractivity contribution in [2.45, 2.75) is 13.2 Å². The zero-order valence-electron chi connectivity index (χ0n) is 15.0. The number of rotatable bonds is 6. The van der Waals surface area contributed by atoms with Gasteiger partial charge < -0.3 is 20.5 Å². The topological polar surface area (TPSA) is 104 Å². The van der Waals surface area contributed by atoms with E-state index in [1.165, 1.54) is 0 Å². The maximum atomic E-state index is 12.3. The molecule has 0 saturated carbocycles. The van der Waals surface area contributed by atoms with Gasteiger partial charge in [0.15, 0.2) is 0 Å². The molecule has 0 unspecified atom stereocenters. The van der Waals surface area contributed by atoms with Crippen LogP contribution in [0, 0.1) is 0 Å². The van der Waals surface area contributed by atoms with Crippen LogP contribution in [-0.2, 0) is 22.7 Å². The molecule has 3 aromatic rings. The van der Waals surface area contributed by atoms with Crippen LogP contribution in [-0.4, -0.2) is 17.0 Å². The van der Waals surface area contributed by atoms with Gasteiger partial charge in [0, 0.05) is 23.5 Å². The molecule has 0 fully saturated rings. The Labute approximate surface area is 162 Å². The van der Waals surface area contributed by atoms with Crippen LogP contribution in [0.1, 0.15) is 21.5 Å². The summed E-state index contributed by atoms with van der Waals surface area (Å²) in [4.78, 5) is 27.9. The van der Waals surface area contributed by atoms with Gasteiger partial charge >= 0.3 is 6.16 Å². The molecule has 1 amide bonds. The second-order valence-corrected chi connectivity index (χ2v) is 5.93. The number of pyridine rings is 1. The molecular formula is C21H19N3O4. The van der Waals surface area contributed by atoms with Gasteiger partial charge in [-0.25, -0.2) is 4.79 Å². The average molecular weight is 377 g/mol. The molecule has 142 valence electrons. The minimum Gasteiger partial charge on any atom is -0.429 e. The van der Waals surface area contributed by atoms with E-state index in [2.05, 4.69) is 10.3 Å². The van der Waals surface area contributed by atoms with E-state index in [0.29, 0.717) is 16.9 Å². The molecule has 3 rings (SSSR count). The fourth-order valence-electron chi connectivity index (χ4n) is 2.37. The number of aromatic nitrogens is 1. The van der Waals surface area contributed by atoms with Crippen LogP contribution in [0.3, 0.4) is 0 Å². The summed E-state index contributed by atoms with van der Waals surface area (Å²) in [6.45, 7) is 0.133. The number of nitrogen functional groups attached to an aromatic ring is 1. The van der Waals surface area contributed by atoms with Crippen molar-refractivity contribution in [2.75, 3.05) is 11.1 Å². The highest BCUT2D eigenvalue weighted by molar-refractivity contribution is 6.05. The lowest BCUT2D eigenvalue weighted by molar-refractivity contribution is 0.0445. The van der Waals surface area contributed by atoms with E-state index in [9.17, 15) is 9.59 Å². The van der Waals surface area contributed by atoms with Crippen molar-refractivity contribution < 1.29 is 19.1 Å². The van der Waals surface area contributed by atoms with Crippen molar-refractivity contribution in [1.29, 1.82) is 0 Å². The van der Waals surface area contributed by atoms with Gasteiger partial charge in [0.1, 0.15) is 13.2 Å². The van der Waals surface area contributed by atoms with Gasteiger partial charge in [-0.05, 0) is 35.9 Å². The van der Waals surface area contributed by atoms with Crippen molar-refractivity contribution in [3.8, 4) is 0 Å². The van der Waals surface area contributed by atoms with Gasteiger partial charge in [0.05, 0.1) is 11.4 Å². The van der Waals surface area contributed by atoms with Gasteiger partial charge in [-0.15, -0.1) is 0 Å². The van der Waals surface area contributed by atoms with Crippen LogP contribution >= 0.6 is 0 Å². The Hall–Kier alpha value is -3.87. The van der Waals surface area contributed by atoms with Crippen molar-refractivity contribution >= 4 is 23.4 Å². The molecule has 0 bridgehead atoms. The molecule has 0 radical (unpaired) electrons. The first-order chi connectivity index (χ1) is 13.6. The number of hydrogen-bond acceptors (Lipinski definition) is 6. The van der Waals surface area contributed by atoms with Gasteiger partial charge in [0.25, 0.3) is 5.91 Å². The third-order valence-electron chi connectivity index (χ3n) is 3.86. The summed E-state index contributed by atoms with van der Waals surface area (Å²) in [5.74, 6) is -0.277. The Kier molecular flexibility index (Phi) is 6.20. The van der Waals surface area contributed by atoms with Gasteiger partial charge in [-0.2, -0.15) is 0 Å². The largest absolute Gasteiger partial charge is 0.508 e. The standard InChI is InChI=1S/C21H19N3O4/c22-18-5-1-2-6-19(18)24-20(25)17-9-7-15(8-10-17)13-27-21(26)28-14-16-4-3-11-23-12-16/h1-12H,13-14,22H2,(H,24,25). The summed E-state index contributed by atoms with van der Waals surface area (Å²) in [5, 5.41) is 2.75. The predicted octanol–water partition coefficient (Wildman–Crippen LogP) is 3.77. The second kappa shape index (κ2) is 9.18. The zero-order valence-corrected chi connectivity index (χ0v) is 15.0. The molecule has 1 heterocycles. The van der Waals surface area contributed by atoms with E-state index in [1.807, 2.05) is 0 Å². The summed E-state index contributed by atoms with van der Waals surface area (Å²) in [5.41, 5.74) is 8.83. The summed E-state index contributed by atoms with van der Waals surface area (Å²) in [6.07, 6.45) is 2.48. The lowest BCUT2D eigenvalue weighted by Crippen LogP contribution is -2.13. The van der Waals surface area contributed by atoms with Gasteiger partial charge in [-0.3, -0.25) is 9.78 Å². The van der Waals surface area contributed by atoms with Crippen LogP contribution in [0.25, 0.3) is 0 Å². The number of carbonyl (C=O) groups excluding carboxylic acids is 2. The number of amides is 1. The Bertz CT molecular complexity index is 943. The van der Waals surface area contributed by atoms with E-state index in [4.69, 9.17) is 15.2 Å². The number of nitrogens with zero attached hydrogens (tertiary/aromatic N) is 1. The molecule has 0 aliphatic heterocycles. The summed E-state index contributed by atoms with van der Waals surface area (Å²) in [7, 11) is 0. The SMILES string of the molecule is Nc1ccccc1NC(=O)c1ccc(COC(=O)OCc2cccnc2)cc1. The van der Waals surface area contributed by atoms with Crippen LogP contribution in [0.5, 0.6) is 0 Å². The number of benzene rings is 2. The quantitative estimate of drug-likeness (QED) is 0.501. The molecule has 7 heteroatoms. The van der Waals surface area contributed by atoms with Crippen LogP contribution in [0.2, 0.25) is 0 Å². The van der Waals surface area contributed by atoms with Gasteiger partial charge in [0.2, 0.25) is 0 Å². The van der Waals surface area contributed by atoms with E-state index in [-0.39, 0.29) is 19.1 Å². The highest BCUT2D eigenvalue weighted by Gasteiger charge is 2.09. The highest BCUT2D eigenvalue weighted by atomic mass is 16.7. The van der Waals surface area contributed by atoms with E-state index in [0.717, 1.165) is 11.1 Å². The van der Waals surface area contributed by atoms with E-state index >= 15 is 0 Å². The van der Waals surface area contributed by atoms with Crippen molar-refractivity contribution in [2.24, 2.45) is 0 Å². The fourth-order valence-corrected chi connectivity index (χ4v) is 2.37. The lowest BCUT2D eigenvalue weighted by atomic mass is 10.1. The van der Waals surface area contributed by atoms with Crippen LogP contribution in [0.4, 0.5) is 16.2 Å². The van der Waals surface area contributed by atoms with Crippen molar-refractivity contribution in [3.63, 3.8) is 0 Å². The second-order valence-electron chi connectivity index (χ2n) is 5.93. The Morgan fingerprint density at radius 2 is 1.61 bits per heavy atom. The molecule has 0 aliphatic carbocycles. The van der Waals surface area contributed by atoms with Crippen molar-refractivity contribution in [1.82, 2.24) is 4.98 Å². The summed E-state index contributed by atoms with van der Waals surface area (Å²) >= 11 is 0. The Morgan fingerprint density at radius 1 is 0.893 bits per heavy atom. The number of ether oxygens (including phenoxy) is 2. The lowest BCUT2D eigenvalue weighted by Gasteiger charge is -2.09. The van der Waals surface area contributed by atoms with E-state index in [1.54, 1.807) is 73.1 Å². The number of nitrogens with one attached hydrogen (secondary N) is 1. The minimum atomic E-state index is -0.773. The Morgan fingerprint density at radius 3 is 2.29 bits per heavy atom. The summed E-state index contributed by atoms with van der Waals surface area (Å²) < 4.78 is 10.1. The first-order valence-corrected chi connectivity index (χ1v) is 8.55. The maximum absolute atomic E-state index is 12.3. The molecule has 0 spiro atoms. The fraction of sp³-hybridized carbons (Fsp3) is 0.0952.